The number of aromatic hydroxyl groups is 2. The first-order valence-electron chi connectivity index (χ1n) is 23.3. The van der Waals surface area contributed by atoms with Crippen LogP contribution < -0.4 is 15.4 Å². The van der Waals surface area contributed by atoms with Crippen molar-refractivity contribution in [3.63, 3.8) is 0 Å². The van der Waals surface area contributed by atoms with Gasteiger partial charge in [-0.3, -0.25) is 14.9 Å². The molecule has 8 atom stereocenters. The number of aryl methyl sites for hydroxylation is 1. The van der Waals surface area contributed by atoms with E-state index in [0.29, 0.717) is 67.6 Å². The molecule has 14 heteroatoms. The third-order valence-corrected chi connectivity index (χ3v) is 17.1. The minimum Gasteiger partial charge on any atom is -0.508 e. The molecule has 0 unspecified atom stereocenters. The third-order valence-electron chi connectivity index (χ3n) is 14.2. The number of phenolic OH excluding ortho intramolecular Hbond substituents is 2. The number of rotatable bonds is 11. The second-order valence-electron chi connectivity index (χ2n) is 18.5. The number of aliphatic hydroxyl groups excluding tert-OH is 4. The first-order valence-corrected chi connectivity index (χ1v) is 25.7. The van der Waals surface area contributed by atoms with Crippen LogP contribution in [0.3, 0.4) is 0 Å². The zero-order valence-electron chi connectivity index (χ0n) is 37.4. The summed E-state index contributed by atoms with van der Waals surface area (Å²) in [5, 5.41) is 74.4. The number of phenols is 2. The lowest BCUT2D eigenvalue weighted by Crippen LogP contribution is -2.42. The molecule has 2 aliphatic carbocycles. The molecule has 12 nitrogen and oxygen atoms in total. The van der Waals surface area contributed by atoms with Crippen LogP contribution in [0.4, 0.5) is 5.69 Å². The molecule has 2 bridgehead atoms. The number of aliphatic hydroxyl groups is 4. The monoisotopic (exact) mass is 928 g/mol. The lowest BCUT2D eigenvalue weighted by molar-refractivity contribution is -0.128. The Balaban J connectivity index is 1.27. The molecule has 4 aromatic carbocycles. The summed E-state index contributed by atoms with van der Waals surface area (Å²) >= 11 is 0. The van der Waals surface area contributed by atoms with Crippen LogP contribution in [0.15, 0.2) is 48.5 Å². The highest BCUT2D eigenvalue weighted by molar-refractivity contribution is 8.76. The van der Waals surface area contributed by atoms with E-state index in [4.69, 9.17) is 9.47 Å². The van der Waals surface area contributed by atoms with Crippen LogP contribution in [0.25, 0.3) is 21.9 Å². The molecular weight excluding hydrogens is 865 g/mol. The van der Waals surface area contributed by atoms with Gasteiger partial charge < -0.3 is 45.4 Å². The zero-order valence-corrected chi connectivity index (χ0v) is 39.0. The largest absolute Gasteiger partial charge is 0.508 e. The van der Waals surface area contributed by atoms with Crippen molar-refractivity contribution in [2.24, 2.45) is 11.8 Å². The number of carbonyl (C=O) groups is 2. The van der Waals surface area contributed by atoms with Crippen LogP contribution in [0, 0.1) is 11.8 Å². The number of anilines is 1. The van der Waals surface area contributed by atoms with E-state index in [2.05, 4.69) is 16.7 Å². The van der Waals surface area contributed by atoms with Gasteiger partial charge in [0.2, 0.25) is 0 Å². The average molecular weight is 929 g/mol. The Morgan fingerprint density at radius 1 is 0.954 bits per heavy atom. The van der Waals surface area contributed by atoms with Crippen LogP contribution >= 0.6 is 21.6 Å². The van der Waals surface area contributed by atoms with E-state index >= 15 is 0 Å². The van der Waals surface area contributed by atoms with Gasteiger partial charge in [0.25, 0.3) is 0 Å². The summed E-state index contributed by atoms with van der Waals surface area (Å²) in [7, 11) is 4.83. The van der Waals surface area contributed by atoms with Crippen LogP contribution in [0.5, 0.6) is 17.2 Å². The van der Waals surface area contributed by atoms with Crippen LogP contribution in [-0.4, -0.2) is 93.1 Å². The minimum absolute atomic E-state index is 0.00619. The molecule has 8 rings (SSSR count). The summed E-state index contributed by atoms with van der Waals surface area (Å²) < 4.78 is 13.4. The van der Waals surface area contributed by atoms with E-state index in [1.807, 2.05) is 24.3 Å². The Morgan fingerprint density at radius 3 is 2.55 bits per heavy atom. The minimum atomic E-state index is -0.738. The number of Topliss-reactive ketones (excluding diaryl/α,β-unsaturated/α-hetero) is 2. The van der Waals surface area contributed by atoms with Gasteiger partial charge in [0.1, 0.15) is 23.5 Å². The molecule has 0 spiro atoms. The molecule has 0 amide bonds. The van der Waals surface area contributed by atoms with Gasteiger partial charge in [-0.25, -0.2) is 0 Å². The Bertz CT molecular complexity index is 2360. The molecule has 4 aliphatic rings. The quantitative estimate of drug-likeness (QED) is 0.0671. The van der Waals surface area contributed by atoms with Crippen molar-refractivity contribution < 1.29 is 49.7 Å². The molecule has 1 fully saturated rings. The maximum Gasteiger partial charge on any atom is 0.168 e. The number of nitrogens with one attached hydrogen (secondary N) is 2. The molecule has 0 aromatic heterocycles. The lowest BCUT2D eigenvalue weighted by atomic mass is 9.69. The molecular formula is C51H64N2O10S2. The first kappa shape index (κ1) is 47.6. The van der Waals surface area contributed by atoms with Crippen molar-refractivity contribution in [2.75, 3.05) is 37.9 Å². The predicted molar refractivity (Wildman–Crippen MR) is 257 cm³/mol. The van der Waals surface area contributed by atoms with Gasteiger partial charge in [-0.1, -0.05) is 45.9 Å². The van der Waals surface area contributed by atoms with Crippen molar-refractivity contribution in [3.8, 4) is 28.4 Å². The highest BCUT2D eigenvalue weighted by Gasteiger charge is 2.41. The summed E-state index contributed by atoms with van der Waals surface area (Å²) in [5.41, 5.74) is 7.71. The molecule has 4 aromatic rings. The van der Waals surface area contributed by atoms with Crippen molar-refractivity contribution >= 4 is 49.6 Å². The van der Waals surface area contributed by atoms with Gasteiger partial charge in [0.15, 0.2) is 11.5 Å². The Hall–Kier alpha value is -3.86. The molecule has 0 saturated carbocycles. The smallest absolute Gasteiger partial charge is 0.168 e. The number of carbonyl (C=O) groups excluding carboxylic acids is 2. The second kappa shape index (κ2) is 21.4. The molecule has 350 valence electrons. The van der Waals surface area contributed by atoms with Gasteiger partial charge in [0.05, 0.1) is 32.5 Å². The van der Waals surface area contributed by atoms with E-state index < -0.39 is 18.4 Å². The van der Waals surface area contributed by atoms with Gasteiger partial charge in [0, 0.05) is 59.9 Å². The number of methoxy groups -OCH3 is 1. The van der Waals surface area contributed by atoms with Crippen molar-refractivity contribution in [1.29, 1.82) is 0 Å². The highest BCUT2D eigenvalue weighted by atomic mass is 33.1. The van der Waals surface area contributed by atoms with Gasteiger partial charge in [-0.05, 0) is 157 Å². The van der Waals surface area contributed by atoms with E-state index in [-0.39, 0.29) is 91.3 Å². The first-order chi connectivity index (χ1) is 31.5. The summed E-state index contributed by atoms with van der Waals surface area (Å²) in [5.74, 6) is 0.570. The lowest BCUT2D eigenvalue weighted by Gasteiger charge is -2.42. The number of hydrogen-bond acceptors (Lipinski definition) is 14. The fraction of sp³-hybridized carbons (Fsp3) is 0.529. The fourth-order valence-corrected chi connectivity index (χ4v) is 14.0. The van der Waals surface area contributed by atoms with Gasteiger partial charge in [-0.2, -0.15) is 0 Å². The topological polar surface area (TPSA) is 198 Å². The number of benzene rings is 4. The summed E-state index contributed by atoms with van der Waals surface area (Å²) in [6, 6.07) is 14.8. The summed E-state index contributed by atoms with van der Waals surface area (Å²) in [6.07, 6.45) is 4.47. The third kappa shape index (κ3) is 10.4. The Kier molecular flexibility index (Phi) is 15.7. The van der Waals surface area contributed by atoms with E-state index in [0.717, 1.165) is 69.1 Å². The summed E-state index contributed by atoms with van der Waals surface area (Å²) in [6.45, 7) is 1.42. The molecule has 65 heavy (non-hydrogen) atoms. The molecule has 8 N–H and O–H groups in total. The number of fused-ring (bicyclic) bond motifs is 9. The van der Waals surface area contributed by atoms with Crippen LogP contribution in [0.2, 0.25) is 0 Å². The predicted octanol–water partition coefficient (Wildman–Crippen LogP) is 8.16. The standard InChI is InChI=1S/C51H64N2O10S2/c1-28(57)24-52-49-33(26-56)21-42-47-38(32(25-55)8-15-40(47)49)16-11-34(4-3-19-54)53-51(42)63-44-23-36(59)13-6-30-9-17-43(61)50(62-2)46(30)39-14-7-29-5-12-35(58)22-41(29)48(39)45-18-10-31(44)20-37(60)27-64-65-45/h5,7,9,12,14,17,21-22,31-32,34,37-38,44-45,51-56,58,60-61H,3-4,6,8,10-11,13,15-16,18-20,23-27H2,1-2H3/t31-,32+,34-,37+,38-,44-,45-,51+/m0/s1. The fourth-order valence-electron chi connectivity index (χ4n) is 11.1. The SMILES string of the molecule is COc1c(O)ccc2c1-c1ccc3ccc(O)cc3c1[C@@H]1CC[C@@H](C[C@@H](O)CSS1)[C@@H](O[C@H]1N[C@@H](CCCO)CC[C@@H]3c4c1cc(CO)c(NCC(C)=O)c4CC[C@@H]3CO)CC(=O)CC2. The Morgan fingerprint density at radius 2 is 1.78 bits per heavy atom. The molecule has 1 saturated heterocycles. The number of hydrogen-bond donors (Lipinski definition) is 8. The number of ketones is 2. The van der Waals surface area contributed by atoms with Crippen molar-refractivity contribution in [2.45, 2.75) is 126 Å². The maximum absolute atomic E-state index is 14.6. The highest BCUT2D eigenvalue weighted by Crippen LogP contribution is 2.54. The van der Waals surface area contributed by atoms with Crippen LogP contribution in [0.1, 0.15) is 122 Å². The molecule has 2 aliphatic heterocycles. The average Bonchev–Trinajstić information content (AvgIpc) is 3.39. The molecule has 0 radical (unpaired) electrons. The van der Waals surface area contributed by atoms with Crippen LogP contribution in [-0.2, 0) is 33.8 Å². The van der Waals surface area contributed by atoms with Gasteiger partial charge in [-0.15, -0.1) is 0 Å². The summed E-state index contributed by atoms with van der Waals surface area (Å²) in [4.78, 5) is 26.9. The van der Waals surface area contributed by atoms with E-state index in [1.165, 1.54) is 14.0 Å². The van der Waals surface area contributed by atoms with E-state index in [1.54, 1.807) is 39.8 Å². The van der Waals surface area contributed by atoms with Gasteiger partial charge >= 0.3 is 0 Å². The maximum atomic E-state index is 14.6. The number of ether oxygens (including phenoxy) is 2. The van der Waals surface area contributed by atoms with Crippen molar-refractivity contribution in [1.82, 2.24) is 5.32 Å². The second-order valence-corrected chi connectivity index (χ2v) is 21.1. The van der Waals surface area contributed by atoms with Crippen molar-refractivity contribution in [3.05, 3.63) is 81.9 Å². The zero-order chi connectivity index (χ0) is 45.8. The normalized spacial score (nSPS) is 26.1. The Labute approximate surface area is 389 Å². The molecule has 2 heterocycles. The van der Waals surface area contributed by atoms with E-state index in [9.17, 15) is 40.2 Å².